The lowest BCUT2D eigenvalue weighted by Gasteiger charge is -2.44. The number of likely N-dealkylation sites (tertiary alicyclic amines) is 1. The Morgan fingerprint density at radius 3 is 2.14 bits per heavy atom. The van der Waals surface area contributed by atoms with Crippen molar-refractivity contribution in [2.75, 3.05) is 13.6 Å². The topological polar surface area (TPSA) is 29.5 Å². The first-order valence-electron chi connectivity index (χ1n) is 7.31. The third-order valence-electron chi connectivity index (χ3n) is 4.78. The molecule has 2 aromatic carbocycles. The van der Waals surface area contributed by atoms with E-state index in [0.717, 1.165) is 35.6 Å². The maximum atomic E-state index is 12.4. The SMILES string of the molecule is CN1CCC2(CC1=O)c1ccccc1Oc1ccccc12. The predicted octanol–water partition coefficient (Wildman–Crippen LogP) is 3.33. The summed E-state index contributed by atoms with van der Waals surface area (Å²) in [5, 5.41) is 0. The number of para-hydroxylation sites is 2. The molecule has 106 valence electrons. The summed E-state index contributed by atoms with van der Waals surface area (Å²) in [6.07, 6.45) is 1.45. The van der Waals surface area contributed by atoms with Crippen molar-refractivity contribution in [3.8, 4) is 11.5 Å². The molecule has 4 rings (SSSR count). The predicted molar refractivity (Wildman–Crippen MR) is 80.6 cm³/mol. The van der Waals surface area contributed by atoms with Gasteiger partial charge in [-0.1, -0.05) is 36.4 Å². The van der Waals surface area contributed by atoms with E-state index in [-0.39, 0.29) is 11.3 Å². The molecule has 2 aliphatic heterocycles. The number of fused-ring (bicyclic) bond motifs is 4. The number of piperidine rings is 1. The van der Waals surface area contributed by atoms with Crippen LogP contribution in [-0.2, 0) is 10.2 Å². The molecule has 0 atom stereocenters. The van der Waals surface area contributed by atoms with Crippen molar-refractivity contribution in [1.29, 1.82) is 0 Å². The van der Waals surface area contributed by atoms with Crippen molar-refractivity contribution in [2.24, 2.45) is 0 Å². The summed E-state index contributed by atoms with van der Waals surface area (Å²) in [6, 6.07) is 16.2. The number of hydrogen-bond donors (Lipinski definition) is 0. The highest BCUT2D eigenvalue weighted by molar-refractivity contribution is 5.81. The fraction of sp³-hybridized carbons (Fsp3) is 0.278. The molecular formula is C18H17NO2. The Balaban J connectivity index is 1.95. The monoisotopic (exact) mass is 279 g/mol. The molecule has 2 aromatic rings. The zero-order valence-corrected chi connectivity index (χ0v) is 12.0. The number of carbonyl (C=O) groups excluding carboxylic acids is 1. The lowest BCUT2D eigenvalue weighted by molar-refractivity contribution is -0.133. The van der Waals surface area contributed by atoms with Gasteiger partial charge in [-0.2, -0.15) is 0 Å². The van der Waals surface area contributed by atoms with E-state index in [2.05, 4.69) is 12.1 Å². The van der Waals surface area contributed by atoms with Crippen LogP contribution in [-0.4, -0.2) is 24.4 Å². The Labute approximate surface area is 124 Å². The molecule has 2 heterocycles. The first kappa shape index (κ1) is 12.5. The first-order chi connectivity index (χ1) is 10.2. The number of rotatable bonds is 0. The third-order valence-corrected chi connectivity index (χ3v) is 4.78. The molecule has 0 bridgehead atoms. The van der Waals surface area contributed by atoms with E-state index in [1.165, 1.54) is 0 Å². The average molecular weight is 279 g/mol. The van der Waals surface area contributed by atoms with Gasteiger partial charge in [0, 0.05) is 36.6 Å². The highest BCUT2D eigenvalue weighted by Crippen LogP contribution is 2.52. The van der Waals surface area contributed by atoms with Gasteiger partial charge < -0.3 is 9.64 Å². The van der Waals surface area contributed by atoms with Gasteiger partial charge in [0.05, 0.1) is 0 Å². The van der Waals surface area contributed by atoms with E-state index in [4.69, 9.17) is 4.74 Å². The fourth-order valence-electron chi connectivity index (χ4n) is 3.59. The second-order valence-corrected chi connectivity index (χ2v) is 5.92. The molecule has 2 aliphatic rings. The fourth-order valence-corrected chi connectivity index (χ4v) is 3.59. The Kier molecular flexibility index (Phi) is 2.58. The smallest absolute Gasteiger partial charge is 0.223 e. The Morgan fingerprint density at radius 1 is 1.00 bits per heavy atom. The third kappa shape index (κ3) is 1.70. The summed E-state index contributed by atoms with van der Waals surface area (Å²) in [5.74, 6) is 1.97. The zero-order chi connectivity index (χ0) is 14.4. The second-order valence-electron chi connectivity index (χ2n) is 5.92. The highest BCUT2D eigenvalue weighted by Gasteiger charge is 2.46. The molecule has 1 amide bonds. The van der Waals surface area contributed by atoms with Gasteiger partial charge in [-0.3, -0.25) is 4.79 Å². The summed E-state index contributed by atoms with van der Waals surface area (Å²) in [6.45, 7) is 0.779. The summed E-state index contributed by atoms with van der Waals surface area (Å²) in [5.41, 5.74) is 2.05. The number of nitrogens with zero attached hydrogens (tertiary/aromatic N) is 1. The maximum Gasteiger partial charge on any atom is 0.223 e. The van der Waals surface area contributed by atoms with Crippen LogP contribution in [0.3, 0.4) is 0 Å². The van der Waals surface area contributed by atoms with Crippen LogP contribution in [0.1, 0.15) is 24.0 Å². The van der Waals surface area contributed by atoms with Crippen molar-refractivity contribution in [2.45, 2.75) is 18.3 Å². The minimum atomic E-state index is -0.241. The lowest BCUT2D eigenvalue weighted by Crippen LogP contribution is -2.46. The van der Waals surface area contributed by atoms with Crippen LogP contribution in [0.4, 0.5) is 0 Å². The van der Waals surface area contributed by atoms with Crippen LogP contribution >= 0.6 is 0 Å². The molecule has 0 aliphatic carbocycles. The highest BCUT2D eigenvalue weighted by atomic mass is 16.5. The van der Waals surface area contributed by atoms with Crippen LogP contribution < -0.4 is 4.74 Å². The van der Waals surface area contributed by atoms with Crippen LogP contribution in [0.25, 0.3) is 0 Å². The summed E-state index contributed by atoms with van der Waals surface area (Å²) >= 11 is 0. The molecule has 0 aromatic heterocycles. The zero-order valence-electron chi connectivity index (χ0n) is 12.0. The minimum absolute atomic E-state index is 0.202. The van der Waals surface area contributed by atoms with E-state index >= 15 is 0 Å². The number of ether oxygens (including phenoxy) is 1. The normalized spacial score (nSPS) is 18.9. The molecule has 3 nitrogen and oxygen atoms in total. The second kappa shape index (κ2) is 4.35. The van der Waals surface area contributed by atoms with E-state index in [0.29, 0.717) is 6.42 Å². The number of carbonyl (C=O) groups is 1. The van der Waals surface area contributed by atoms with Crippen molar-refractivity contribution in [1.82, 2.24) is 4.90 Å². The first-order valence-corrected chi connectivity index (χ1v) is 7.31. The summed E-state index contributed by atoms with van der Waals surface area (Å²) < 4.78 is 6.04. The summed E-state index contributed by atoms with van der Waals surface area (Å²) in [7, 11) is 1.88. The number of benzene rings is 2. The van der Waals surface area contributed by atoms with Crippen LogP contribution in [0.5, 0.6) is 11.5 Å². The molecule has 21 heavy (non-hydrogen) atoms. The molecule has 1 saturated heterocycles. The van der Waals surface area contributed by atoms with Gasteiger partial charge in [0.1, 0.15) is 11.5 Å². The van der Waals surface area contributed by atoms with Crippen molar-refractivity contribution >= 4 is 5.91 Å². The molecule has 1 fully saturated rings. The molecule has 1 spiro atoms. The van der Waals surface area contributed by atoms with Gasteiger partial charge >= 0.3 is 0 Å². The van der Waals surface area contributed by atoms with Gasteiger partial charge in [0.2, 0.25) is 5.91 Å². The molecular weight excluding hydrogens is 262 g/mol. The van der Waals surface area contributed by atoms with E-state index < -0.39 is 0 Å². The standard InChI is InChI=1S/C18H17NO2/c1-19-11-10-18(12-17(19)20)13-6-2-4-8-15(13)21-16-9-5-3-7-14(16)18/h2-9H,10-12H2,1H3. The van der Waals surface area contributed by atoms with Gasteiger partial charge in [-0.25, -0.2) is 0 Å². The molecule has 0 radical (unpaired) electrons. The number of hydrogen-bond acceptors (Lipinski definition) is 2. The van der Waals surface area contributed by atoms with Crippen LogP contribution in [0.2, 0.25) is 0 Å². The van der Waals surface area contributed by atoms with Gasteiger partial charge in [0.25, 0.3) is 0 Å². The molecule has 3 heteroatoms. The van der Waals surface area contributed by atoms with Crippen molar-refractivity contribution in [3.63, 3.8) is 0 Å². The van der Waals surface area contributed by atoms with Crippen LogP contribution in [0, 0.1) is 0 Å². The molecule has 0 saturated carbocycles. The van der Waals surface area contributed by atoms with Gasteiger partial charge in [-0.05, 0) is 18.6 Å². The van der Waals surface area contributed by atoms with E-state index in [1.54, 1.807) is 0 Å². The Bertz CT molecular complexity index is 677. The summed E-state index contributed by atoms with van der Waals surface area (Å²) in [4.78, 5) is 14.2. The average Bonchev–Trinajstić information content (AvgIpc) is 2.51. The van der Waals surface area contributed by atoms with Crippen molar-refractivity contribution < 1.29 is 9.53 Å². The molecule has 0 unspecified atom stereocenters. The number of amides is 1. The van der Waals surface area contributed by atoms with E-state index in [9.17, 15) is 4.79 Å². The van der Waals surface area contributed by atoms with Gasteiger partial charge in [0.15, 0.2) is 0 Å². The lowest BCUT2D eigenvalue weighted by atomic mass is 9.66. The van der Waals surface area contributed by atoms with Crippen molar-refractivity contribution in [3.05, 3.63) is 59.7 Å². The van der Waals surface area contributed by atoms with Gasteiger partial charge in [-0.15, -0.1) is 0 Å². The Morgan fingerprint density at radius 2 is 1.57 bits per heavy atom. The Hall–Kier alpha value is -2.29. The minimum Gasteiger partial charge on any atom is -0.457 e. The molecule has 0 N–H and O–H groups in total. The van der Waals surface area contributed by atoms with Crippen LogP contribution in [0.15, 0.2) is 48.5 Å². The van der Waals surface area contributed by atoms with E-state index in [1.807, 2.05) is 48.3 Å². The maximum absolute atomic E-state index is 12.4. The quantitative estimate of drug-likeness (QED) is 0.740. The largest absolute Gasteiger partial charge is 0.457 e.